The molecule has 1 aliphatic rings. The number of carboxylic acids is 1. The van der Waals surface area contributed by atoms with Gasteiger partial charge in [0.15, 0.2) is 5.82 Å². The fraction of sp³-hybridized carbons (Fsp3) is 0.500. The minimum atomic E-state index is -1.14. The van der Waals surface area contributed by atoms with Crippen LogP contribution in [0.15, 0.2) is 0 Å². The van der Waals surface area contributed by atoms with Gasteiger partial charge in [0.25, 0.3) is 0 Å². The van der Waals surface area contributed by atoms with Crippen LogP contribution in [-0.4, -0.2) is 34.5 Å². The van der Waals surface area contributed by atoms with Gasteiger partial charge in [-0.05, 0) is 12.8 Å². The summed E-state index contributed by atoms with van der Waals surface area (Å²) >= 11 is 0. The van der Waals surface area contributed by atoms with Crippen LogP contribution in [0, 0.1) is 11.3 Å². The summed E-state index contributed by atoms with van der Waals surface area (Å²) in [6.07, 6.45) is 0.608. The Bertz CT molecular complexity index is 482. The summed E-state index contributed by atoms with van der Waals surface area (Å²) in [4.78, 5) is 11.5. The maximum atomic E-state index is 11.5. The number of nitrogens with two attached hydrogens (primary N) is 1. The van der Waals surface area contributed by atoms with Crippen molar-refractivity contribution in [2.75, 3.05) is 18.9 Å². The molecule has 1 aliphatic heterocycles. The molecule has 0 atom stereocenters. The molecule has 17 heavy (non-hydrogen) atoms. The average molecular weight is 236 g/mol. The molecule has 2 heterocycles. The standard InChI is InChI=1S/C10H12N4O3/c11-5-6-7(13-14-8(6)12)10(9(15)16)1-3-17-4-2-10/h1-4H2,(H,15,16)(H3,12,13,14). The molecular formula is C10H12N4O3. The van der Waals surface area contributed by atoms with Crippen molar-refractivity contribution < 1.29 is 14.6 Å². The third kappa shape index (κ3) is 1.62. The van der Waals surface area contributed by atoms with Crippen molar-refractivity contribution in [2.24, 2.45) is 0 Å². The first-order valence-electron chi connectivity index (χ1n) is 5.17. The molecule has 4 N–H and O–H groups in total. The van der Waals surface area contributed by atoms with Gasteiger partial charge in [-0.15, -0.1) is 0 Å². The van der Waals surface area contributed by atoms with Crippen molar-refractivity contribution >= 4 is 11.8 Å². The van der Waals surface area contributed by atoms with Gasteiger partial charge in [-0.1, -0.05) is 0 Å². The lowest BCUT2D eigenvalue weighted by Gasteiger charge is -2.32. The van der Waals surface area contributed by atoms with Crippen LogP contribution in [0.25, 0.3) is 0 Å². The number of nitrogen functional groups attached to an aromatic ring is 1. The summed E-state index contributed by atoms with van der Waals surface area (Å²) in [6, 6.07) is 1.90. The molecule has 7 heteroatoms. The number of carbonyl (C=O) groups is 1. The van der Waals surface area contributed by atoms with E-state index in [0.29, 0.717) is 26.1 Å². The first-order chi connectivity index (χ1) is 8.12. The van der Waals surface area contributed by atoms with Gasteiger partial charge in [-0.25, -0.2) is 0 Å². The van der Waals surface area contributed by atoms with Crippen LogP contribution in [0.5, 0.6) is 0 Å². The van der Waals surface area contributed by atoms with E-state index in [4.69, 9.17) is 15.7 Å². The minimum Gasteiger partial charge on any atom is -0.481 e. The van der Waals surface area contributed by atoms with Gasteiger partial charge in [0.1, 0.15) is 17.0 Å². The highest BCUT2D eigenvalue weighted by molar-refractivity contribution is 5.82. The van der Waals surface area contributed by atoms with Crippen LogP contribution in [0.1, 0.15) is 24.1 Å². The number of rotatable bonds is 2. The van der Waals surface area contributed by atoms with Crippen molar-refractivity contribution in [3.8, 4) is 6.07 Å². The van der Waals surface area contributed by atoms with E-state index in [1.54, 1.807) is 0 Å². The maximum absolute atomic E-state index is 11.5. The molecule has 0 amide bonds. The maximum Gasteiger partial charge on any atom is 0.315 e. The van der Waals surface area contributed by atoms with E-state index >= 15 is 0 Å². The fourth-order valence-electron chi connectivity index (χ4n) is 2.11. The van der Waals surface area contributed by atoms with E-state index in [1.807, 2.05) is 6.07 Å². The molecule has 0 unspecified atom stereocenters. The summed E-state index contributed by atoms with van der Waals surface area (Å²) in [6.45, 7) is 0.687. The third-order valence-corrected chi connectivity index (χ3v) is 3.14. The number of aromatic nitrogens is 2. The van der Waals surface area contributed by atoms with Crippen LogP contribution in [0.2, 0.25) is 0 Å². The Hall–Kier alpha value is -2.07. The number of ether oxygens (including phenoxy) is 1. The number of aliphatic carboxylic acids is 1. The first-order valence-corrected chi connectivity index (χ1v) is 5.17. The minimum absolute atomic E-state index is 0.0367. The van der Waals surface area contributed by atoms with Crippen molar-refractivity contribution in [3.05, 3.63) is 11.3 Å². The summed E-state index contributed by atoms with van der Waals surface area (Å²) in [5, 5.41) is 24.7. The summed E-state index contributed by atoms with van der Waals surface area (Å²) in [5.74, 6) is -0.949. The van der Waals surface area contributed by atoms with Crippen LogP contribution >= 0.6 is 0 Å². The van der Waals surface area contributed by atoms with Gasteiger partial charge in [0.05, 0.1) is 5.69 Å². The number of nitrogens with zero attached hydrogens (tertiary/aromatic N) is 2. The van der Waals surface area contributed by atoms with Gasteiger partial charge in [-0.2, -0.15) is 10.4 Å². The molecule has 7 nitrogen and oxygen atoms in total. The number of anilines is 1. The lowest BCUT2D eigenvalue weighted by Crippen LogP contribution is -2.42. The molecule has 1 aromatic rings. The highest BCUT2D eigenvalue weighted by atomic mass is 16.5. The number of hydrogen-bond donors (Lipinski definition) is 3. The molecule has 0 aliphatic carbocycles. The topological polar surface area (TPSA) is 125 Å². The van der Waals surface area contributed by atoms with E-state index in [9.17, 15) is 9.90 Å². The highest BCUT2D eigenvalue weighted by Crippen LogP contribution is 2.36. The number of nitrogens with one attached hydrogen (secondary N) is 1. The molecular weight excluding hydrogens is 224 g/mol. The van der Waals surface area contributed by atoms with Crippen LogP contribution < -0.4 is 5.73 Å². The zero-order valence-corrected chi connectivity index (χ0v) is 9.06. The lowest BCUT2D eigenvalue weighted by molar-refractivity contribution is -0.148. The zero-order chi connectivity index (χ0) is 12.5. The van der Waals surface area contributed by atoms with E-state index < -0.39 is 11.4 Å². The first kappa shape index (κ1) is 11.4. The van der Waals surface area contributed by atoms with Crippen molar-refractivity contribution in [3.63, 3.8) is 0 Å². The molecule has 2 rings (SSSR count). The molecule has 0 saturated carbocycles. The third-order valence-electron chi connectivity index (χ3n) is 3.14. The summed E-state index contributed by atoms with van der Waals surface area (Å²) < 4.78 is 5.16. The molecule has 0 radical (unpaired) electrons. The number of aromatic amines is 1. The Morgan fingerprint density at radius 3 is 2.76 bits per heavy atom. The van der Waals surface area contributed by atoms with Crippen molar-refractivity contribution in [1.82, 2.24) is 10.2 Å². The second kappa shape index (κ2) is 4.07. The number of nitriles is 1. The molecule has 0 aromatic carbocycles. The van der Waals surface area contributed by atoms with Gasteiger partial charge in [-0.3, -0.25) is 9.89 Å². The van der Waals surface area contributed by atoms with E-state index in [1.165, 1.54) is 0 Å². The predicted octanol–water partition coefficient (Wildman–Crippen LogP) is -0.00362. The Balaban J connectivity index is 2.53. The van der Waals surface area contributed by atoms with Crippen molar-refractivity contribution in [1.29, 1.82) is 5.26 Å². The van der Waals surface area contributed by atoms with Crippen LogP contribution in [0.4, 0.5) is 5.82 Å². The van der Waals surface area contributed by atoms with E-state index in [2.05, 4.69) is 10.2 Å². The Kier molecular flexibility index (Phi) is 2.73. The van der Waals surface area contributed by atoms with Gasteiger partial charge >= 0.3 is 5.97 Å². The zero-order valence-electron chi connectivity index (χ0n) is 9.06. The molecule has 1 saturated heterocycles. The summed E-state index contributed by atoms with van der Waals surface area (Å²) in [7, 11) is 0. The van der Waals surface area contributed by atoms with Gasteiger partial charge in [0.2, 0.25) is 0 Å². The van der Waals surface area contributed by atoms with Crippen molar-refractivity contribution in [2.45, 2.75) is 18.3 Å². The smallest absolute Gasteiger partial charge is 0.315 e. The molecule has 0 spiro atoms. The predicted molar refractivity (Wildman–Crippen MR) is 57.1 cm³/mol. The Labute approximate surface area is 97.2 Å². The average Bonchev–Trinajstić information content (AvgIpc) is 2.71. The molecule has 1 fully saturated rings. The van der Waals surface area contributed by atoms with Gasteiger partial charge in [0, 0.05) is 13.2 Å². The largest absolute Gasteiger partial charge is 0.481 e. The summed E-state index contributed by atoms with van der Waals surface area (Å²) in [5.41, 5.74) is 4.79. The Morgan fingerprint density at radius 1 is 1.59 bits per heavy atom. The number of carboxylic acid groups (broad SMARTS) is 1. The second-order valence-corrected chi connectivity index (χ2v) is 3.97. The monoisotopic (exact) mass is 236 g/mol. The fourth-order valence-corrected chi connectivity index (χ4v) is 2.11. The van der Waals surface area contributed by atoms with Crippen LogP contribution in [-0.2, 0) is 14.9 Å². The van der Waals surface area contributed by atoms with Gasteiger partial charge < -0.3 is 15.6 Å². The molecule has 1 aromatic heterocycles. The quantitative estimate of drug-likeness (QED) is 0.663. The lowest BCUT2D eigenvalue weighted by atomic mass is 9.76. The molecule has 90 valence electrons. The second-order valence-electron chi connectivity index (χ2n) is 3.97. The molecule has 0 bridgehead atoms. The van der Waals surface area contributed by atoms with Crippen LogP contribution in [0.3, 0.4) is 0 Å². The van der Waals surface area contributed by atoms with E-state index in [-0.39, 0.29) is 17.1 Å². The number of hydrogen-bond acceptors (Lipinski definition) is 5. The Morgan fingerprint density at radius 2 is 2.24 bits per heavy atom. The number of H-pyrrole nitrogens is 1. The SMILES string of the molecule is N#Cc1c(N)n[nH]c1C1(C(=O)O)CCOCC1. The highest BCUT2D eigenvalue weighted by Gasteiger charge is 2.45. The van der Waals surface area contributed by atoms with E-state index in [0.717, 1.165) is 0 Å². The normalized spacial score (nSPS) is 18.5.